The molecular weight excluding hydrogens is 578 g/mol. The summed E-state index contributed by atoms with van der Waals surface area (Å²) in [5, 5.41) is 3.01. The number of H-pyrrole nitrogens is 1. The van der Waals surface area contributed by atoms with Crippen molar-refractivity contribution < 1.29 is 14.4 Å². The topological polar surface area (TPSA) is 124 Å². The van der Waals surface area contributed by atoms with Crippen molar-refractivity contribution in [2.24, 2.45) is 5.92 Å². The Morgan fingerprint density at radius 1 is 0.717 bits per heavy atom. The number of carbonyl (C=O) groups excluding carboxylic acids is 3. The number of imidazole rings is 1. The van der Waals surface area contributed by atoms with Gasteiger partial charge in [-0.05, 0) is 72.4 Å². The van der Waals surface area contributed by atoms with E-state index in [0.29, 0.717) is 43.1 Å². The average molecular weight is 612 g/mol. The van der Waals surface area contributed by atoms with Crippen LogP contribution in [0.5, 0.6) is 0 Å². The first kappa shape index (κ1) is 29.1. The highest BCUT2D eigenvalue weighted by Crippen LogP contribution is 2.33. The van der Waals surface area contributed by atoms with Crippen molar-refractivity contribution in [1.29, 1.82) is 0 Å². The first-order valence-corrected chi connectivity index (χ1v) is 15.5. The van der Waals surface area contributed by atoms with E-state index in [1.54, 1.807) is 47.6 Å². The van der Waals surface area contributed by atoms with E-state index in [1.807, 2.05) is 53.6 Å². The first-order valence-electron chi connectivity index (χ1n) is 15.5. The van der Waals surface area contributed by atoms with Gasteiger partial charge in [0, 0.05) is 37.7 Å². The highest BCUT2D eigenvalue weighted by molar-refractivity contribution is 5.96. The molecule has 5 heterocycles. The monoisotopic (exact) mass is 611 g/mol. The molecule has 7 rings (SSSR count). The smallest absolute Gasteiger partial charge is 0.273 e. The number of hydrogen-bond acceptors (Lipinski definition) is 6. The maximum atomic E-state index is 13.1. The van der Waals surface area contributed by atoms with E-state index >= 15 is 0 Å². The van der Waals surface area contributed by atoms with Gasteiger partial charge in [-0.25, -0.2) is 4.98 Å². The van der Waals surface area contributed by atoms with Gasteiger partial charge in [-0.2, -0.15) is 0 Å². The van der Waals surface area contributed by atoms with E-state index in [4.69, 9.17) is 0 Å². The maximum absolute atomic E-state index is 13.1. The highest BCUT2D eigenvalue weighted by atomic mass is 16.2. The van der Waals surface area contributed by atoms with Crippen LogP contribution in [0.4, 0.5) is 5.69 Å². The molecule has 3 aromatic heterocycles. The maximum Gasteiger partial charge on any atom is 0.273 e. The van der Waals surface area contributed by atoms with Crippen LogP contribution in [0.15, 0.2) is 104 Å². The van der Waals surface area contributed by atoms with Crippen LogP contribution in [0.3, 0.4) is 0 Å². The van der Waals surface area contributed by atoms with Gasteiger partial charge in [0.2, 0.25) is 5.91 Å². The number of aromatic nitrogens is 4. The van der Waals surface area contributed by atoms with Crippen molar-refractivity contribution >= 4 is 23.4 Å². The van der Waals surface area contributed by atoms with Crippen LogP contribution in [-0.2, 0) is 4.79 Å². The third kappa shape index (κ3) is 6.01. The lowest BCUT2D eigenvalue weighted by Gasteiger charge is -2.22. The number of hydrogen-bond donors (Lipinski definition) is 2. The number of rotatable bonds is 7. The van der Waals surface area contributed by atoms with Gasteiger partial charge in [-0.3, -0.25) is 24.4 Å². The average Bonchev–Trinajstić information content (AvgIpc) is 3.90. The number of nitrogens with one attached hydrogen (secondary N) is 2. The van der Waals surface area contributed by atoms with E-state index in [-0.39, 0.29) is 29.7 Å². The molecule has 0 spiro atoms. The lowest BCUT2D eigenvalue weighted by molar-refractivity contribution is -0.119. The molecule has 46 heavy (non-hydrogen) atoms. The Morgan fingerprint density at radius 2 is 1.37 bits per heavy atom. The van der Waals surface area contributed by atoms with Crippen molar-refractivity contribution in [1.82, 2.24) is 29.7 Å². The number of carbonyl (C=O) groups is 3. The minimum absolute atomic E-state index is 0.0748. The number of pyridine rings is 2. The first-order chi connectivity index (χ1) is 22.5. The van der Waals surface area contributed by atoms with Gasteiger partial charge >= 0.3 is 0 Å². The van der Waals surface area contributed by atoms with E-state index in [0.717, 1.165) is 41.1 Å². The second kappa shape index (κ2) is 12.8. The predicted molar refractivity (Wildman–Crippen MR) is 174 cm³/mol. The summed E-state index contributed by atoms with van der Waals surface area (Å²) in [4.78, 5) is 58.7. The Bertz CT molecular complexity index is 1840. The van der Waals surface area contributed by atoms with Crippen LogP contribution >= 0.6 is 0 Å². The molecule has 10 nitrogen and oxygen atoms in total. The van der Waals surface area contributed by atoms with Gasteiger partial charge in [-0.15, -0.1) is 0 Å². The van der Waals surface area contributed by atoms with Crippen LogP contribution < -0.4 is 5.32 Å². The minimum Gasteiger partial charge on any atom is -0.340 e. The molecule has 2 fully saturated rings. The molecule has 0 bridgehead atoms. The summed E-state index contributed by atoms with van der Waals surface area (Å²) in [6, 6.07) is 26.5. The molecule has 0 saturated carbocycles. The van der Waals surface area contributed by atoms with Crippen LogP contribution in [0.25, 0.3) is 22.4 Å². The molecule has 230 valence electrons. The summed E-state index contributed by atoms with van der Waals surface area (Å²) in [5.41, 5.74) is 5.52. The molecule has 0 radical (unpaired) electrons. The summed E-state index contributed by atoms with van der Waals surface area (Å²) in [6.45, 7) is 1.60. The molecule has 10 heteroatoms. The van der Waals surface area contributed by atoms with E-state index in [2.05, 4.69) is 37.4 Å². The molecule has 3 amide bonds. The molecule has 5 aromatic rings. The van der Waals surface area contributed by atoms with Crippen molar-refractivity contribution in [3.05, 3.63) is 121 Å². The van der Waals surface area contributed by atoms with E-state index in [1.165, 1.54) is 0 Å². The number of likely N-dealkylation sites (tertiary alicyclic amines) is 2. The van der Waals surface area contributed by atoms with Crippen molar-refractivity contribution in [2.45, 2.75) is 25.3 Å². The summed E-state index contributed by atoms with van der Waals surface area (Å²) in [6.07, 6.45) is 7.45. The Hall–Kier alpha value is -5.64. The predicted octanol–water partition coefficient (Wildman–Crippen LogP) is 5.61. The summed E-state index contributed by atoms with van der Waals surface area (Å²) in [5.74, 6) is 0.209. The molecule has 2 aromatic carbocycles. The fourth-order valence-electron chi connectivity index (χ4n) is 6.23. The zero-order valence-electron chi connectivity index (χ0n) is 25.2. The molecule has 2 saturated heterocycles. The Balaban J connectivity index is 0.960. The number of nitrogens with zero attached hydrogens (tertiary/aromatic N) is 5. The second-order valence-electron chi connectivity index (χ2n) is 11.6. The van der Waals surface area contributed by atoms with Crippen molar-refractivity contribution in [3.63, 3.8) is 0 Å². The van der Waals surface area contributed by atoms with Gasteiger partial charge in [0.1, 0.15) is 17.2 Å². The SMILES string of the molecule is O=C(Nc1ccc(-c2ccc(-c3cnc([C@@H]4CCCN4C(=O)c4ccccn4)[nH]3)cc2)cc1)[C@H]1CCN(C(=O)c2ccccn2)C1. The molecule has 0 unspecified atom stereocenters. The summed E-state index contributed by atoms with van der Waals surface area (Å²) < 4.78 is 0. The van der Waals surface area contributed by atoms with Crippen LogP contribution in [0.2, 0.25) is 0 Å². The molecule has 2 aliphatic rings. The third-order valence-corrected chi connectivity index (χ3v) is 8.72. The molecule has 0 aliphatic carbocycles. The molecule has 2 N–H and O–H groups in total. The van der Waals surface area contributed by atoms with Crippen LogP contribution in [-0.4, -0.2) is 67.1 Å². The van der Waals surface area contributed by atoms with E-state index in [9.17, 15) is 14.4 Å². The summed E-state index contributed by atoms with van der Waals surface area (Å²) >= 11 is 0. The van der Waals surface area contributed by atoms with Crippen molar-refractivity contribution in [2.75, 3.05) is 25.0 Å². The minimum atomic E-state index is -0.263. The third-order valence-electron chi connectivity index (χ3n) is 8.72. The van der Waals surface area contributed by atoms with Gasteiger partial charge in [0.25, 0.3) is 11.8 Å². The fraction of sp³-hybridized carbons (Fsp3) is 0.222. The van der Waals surface area contributed by atoms with Crippen LogP contribution in [0.1, 0.15) is 52.1 Å². The highest BCUT2D eigenvalue weighted by Gasteiger charge is 2.33. The molecule has 2 atom stereocenters. The fourth-order valence-corrected chi connectivity index (χ4v) is 6.23. The van der Waals surface area contributed by atoms with Gasteiger partial charge < -0.3 is 20.1 Å². The summed E-state index contributed by atoms with van der Waals surface area (Å²) in [7, 11) is 0. The standard InChI is InChI=1S/C36H33N7O3/c44-34(27-17-21-42(23-27)35(45)29-6-1-3-18-37-29)40-28-15-13-25(14-16-28)24-9-11-26(12-10-24)31-22-39-33(41-31)32-8-5-20-43(32)36(46)30-7-2-4-19-38-30/h1-4,6-7,9-16,18-19,22,27,32H,5,8,17,20-21,23H2,(H,39,41)(H,40,44)/t27-,32-/m0/s1. The quantitative estimate of drug-likeness (QED) is 0.247. The lowest BCUT2D eigenvalue weighted by atomic mass is 10.0. The Labute approximate surface area is 266 Å². The Morgan fingerprint density at radius 3 is 2.04 bits per heavy atom. The number of aromatic amines is 1. The largest absolute Gasteiger partial charge is 0.340 e. The molecule has 2 aliphatic heterocycles. The number of benzene rings is 2. The number of amides is 3. The molecular formula is C36H33N7O3. The van der Waals surface area contributed by atoms with Gasteiger partial charge in [0.15, 0.2) is 0 Å². The van der Waals surface area contributed by atoms with Crippen LogP contribution in [0, 0.1) is 5.92 Å². The normalized spacial score (nSPS) is 17.7. The van der Waals surface area contributed by atoms with E-state index < -0.39 is 0 Å². The van der Waals surface area contributed by atoms with Crippen molar-refractivity contribution in [3.8, 4) is 22.4 Å². The van der Waals surface area contributed by atoms with Gasteiger partial charge in [0.05, 0.1) is 23.9 Å². The van der Waals surface area contributed by atoms with Gasteiger partial charge in [-0.1, -0.05) is 48.5 Å². The zero-order valence-corrected chi connectivity index (χ0v) is 25.2. The number of anilines is 1. The second-order valence-corrected chi connectivity index (χ2v) is 11.6. The zero-order chi connectivity index (χ0) is 31.5. The Kier molecular flexibility index (Phi) is 8.07. The lowest BCUT2D eigenvalue weighted by Crippen LogP contribution is -2.31.